The second-order valence-corrected chi connectivity index (χ2v) is 8.80. The van der Waals surface area contributed by atoms with E-state index in [9.17, 15) is 9.59 Å². The van der Waals surface area contributed by atoms with Crippen LogP contribution in [0.25, 0.3) is 11.0 Å². The molecule has 0 bridgehead atoms. The standard InChI is InChI=1S/C22H16ClN3O3S/c1-11(2)20-24-25-22(30-20)26-17(12-6-5-7-13(23)10-12)16-18(27)14-8-3-4-9-15(14)29-19(16)21(26)28/h3-11,17H,1-2H3/t17-/m1/s1. The second-order valence-electron chi connectivity index (χ2n) is 7.38. The Morgan fingerprint density at radius 2 is 1.90 bits per heavy atom. The summed E-state index contributed by atoms with van der Waals surface area (Å²) in [6.45, 7) is 4.02. The zero-order chi connectivity index (χ0) is 21.0. The quantitative estimate of drug-likeness (QED) is 0.442. The van der Waals surface area contributed by atoms with Gasteiger partial charge in [0.05, 0.1) is 17.0 Å². The van der Waals surface area contributed by atoms with Crippen LogP contribution < -0.4 is 10.3 Å². The van der Waals surface area contributed by atoms with E-state index in [1.807, 2.05) is 19.9 Å². The van der Waals surface area contributed by atoms with E-state index >= 15 is 0 Å². The lowest BCUT2D eigenvalue weighted by molar-refractivity contribution is 0.0970. The number of hydrogen-bond acceptors (Lipinski definition) is 6. The lowest BCUT2D eigenvalue weighted by Gasteiger charge is -2.22. The number of para-hydroxylation sites is 1. The van der Waals surface area contributed by atoms with Crippen molar-refractivity contribution in [3.8, 4) is 0 Å². The number of amides is 1. The number of aromatic nitrogens is 2. The topological polar surface area (TPSA) is 76.3 Å². The molecule has 0 radical (unpaired) electrons. The van der Waals surface area contributed by atoms with Gasteiger partial charge >= 0.3 is 0 Å². The molecule has 2 aromatic heterocycles. The Balaban J connectivity index is 1.79. The summed E-state index contributed by atoms with van der Waals surface area (Å²) in [6, 6.07) is 13.4. The van der Waals surface area contributed by atoms with Gasteiger partial charge in [-0.1, -0.05) is 61.1 Å². The van der Waals surface area contributed by atoms with Gasteiger partial charge in [-0.2, -0.15) is 0 Å². The molecule has 3 heterocycles. The van der Waals surface area contributed by atoms with Gasteiger partial charge in [0.1, 0.15) is 10.6 Å². The minimum Gasteiger partial charge on any atom is -0.450 e. The number of rotatable bonds is 3. The Morgan fingerprint density at radius 1 is 1.10 bits per heavy atom. The molecular weight excluding hydrogens is 422 g/mol. The van der Waals surface area contributed by atoms with Gasteiger partial charge in [0.2, 0.25) is 10.9 Å². The van der Waals surface area contributed by atoms with Crippen LogP contribution in [-0.4, -0.2) is 16.1 Å². The summed E-state index contributed by atoms with van der Waals surface area (Å²) in [5.74, 6) is -0.211. The molecule has 1 aliphatic heterocycles. The molecule has 1 amide bonds. The number of anilines is 1. The van der Waals surface area contributed by atoms with E-state index in [2.05, 4.69) is 10.2 Å². The van der Waals surface area contributed by atoms with Crippen molar-refractivity contribution in [2.45, 2.75) is 25.8 Å². The molecule has 0 N–H and O–H groups in total. The maximum absolute atomic E-state index is 13.4. The molecule has 0 saturated carbocycles. The molecule has 4 aromatic rings. The Bertz CT molecular complexity index is 1360. The summed E-state index contributed by atoms with van der Waals surface area (Å²) in [6.07, 6.45) is 0. The van der Waals surface area contributed by atoms with Crippen LogP contribution in [0.3, 0.4) is 0 Å². The molecule has 0 unspecified atom stereocenters. The highest BCUT2D eigenvalue weighted by Gasteiger charge is 2.45. The lowest BCUT2D eigenvalue weighted by Crippen LogP contribution is -2.29. The van der Waals surface area contributed by atoms with Crippen molar-refractivity contribution >= 4 is 44.9 Å². The van der Waals surface area contributed by atoms with E-state index < -0.39 is 11.9 Å². The number of halogens is 1. The third-order valence-electron chi connectivity index (χ3n) is 5.07. The Labute approximate surface area is 180 Å². The first-order valence-electron chi connectivity index (χ1n) is 9.44. The molecular formula is C22H16ClN3O3S. The third-order valence-corrected chi connectivity index (χ3v) is 6.53. The van der Waals surface area contributed by atoms with Crippen molar-refractivity contribution in [3.05, 3.63) is 85.7 Å². The molecule has 2 aromatic carbocycles. The number of hydrogen-bond donors (Lipinski definition) is 0. The van der Waals surface area contributed by atoms with Crippen molar-refractivity contribution in [3.63, 3.8) is 0 Å². The number of carbonyl (C=O) groups excluding carboxylic acids is 1. The van der Waals surface area contributed by atoms with E-state index in [-0.39, 0.29) is 17.1 Å². The Morgan fingerprint density at radius 3 is 2.63 bits per heavy atom. The molecule has 5 rings (SSSR count). The van der Waals surface area contributed by atoms with Crippen LogP contribution >= 0.6 is 22.9 Å². The average molecular weight is 438 g/mol. The third kappa shape index (κ3) is 2.85. The Hall–Kier alpha value is -3.03. The van der Waals surface area contributed by atoms with Crippen molar-refractivity contribution in [1.82, 2.24) is 10.2 Å². The molecule has 8 heteroatoms. The fourth-order valence-electron chi connectivity index (χ4n) is 3.67. The summed E-state index contributed by atoms with van der Waals surface area (Å²) in [4.78, 5) is 28.4. The predicted molar refractivity (Wildman–Crippen MR) is 117 cm³/mol. The van der Waals surface area contributed by atoms with Crippen molar-refractivity contribution in [2.24, 2.45) is 0 Å². The van der Waals surface area contributed by atoms with Gasteiger partial charge in [-0.3, -0.25) is 14.5 Å². The maximum atomic E-state index is 13.4. The van der Waals surface area contributed by atoms with Gasteiger partial charge in [-0.25, -0.2) is 0 Å². The smallest absolute Gasteiger partial charge is 0.297 e. The van der Waals surface area contributed by atoms with Crippen LogP contribution in [0.4, 0.5) is 5.13 Å². The molecule has 0 aliphatic carbocycles. The van der Waals surface area contributed by atoms with Gasteiger partial charge in [-0.05, 0) is 29.8 Å². The fourth-order valence-corrected chi connectivity index (χ4v) is 4.74. The van der Waals surface area contributed by atoms with Crippen LogP contribution in [0.2, 0.25) is 5.02 Å². The van der Waals surface area contributed by atoms with Gasteiger partial charge in [0.15, 0.2) is 5.43 Å². The van der Waals surface area contributed by atoms with Gasteiger partial charge in [0.25, 0.3) is 5.91 Å². The maximum Gasteiger partial charge on any atom is 0.297 e. The van der Waals surface area contributed by atoms with Gasteiger partial charge in [-0.15, -0.1) is 10.2 Å². The number of fused-ring (bicyclic) bond motifs is 2. The number of benzene rings is 2. The summed E-state index contributed by atoms with van der Waals surface area (Å²) < 4.78 is 5.92. The van der Waals surface area contributed by atoms with Crippen LogP contribution in [0.5, 0.6) is 0 Å². The Kier molecular flexibility index (Phi) is 4.45. The molecule has 1 atom stereocenters. The van der Waals surface area contributed by atoms with E-state index in [0.29, 0.717) is 32.3 Å². The van der Waals surface area contributed by atoms with E-state index in [0.717, 1.165) is 5.01 Å². The first-order chi connectivity index (χ1) is 14.5. The van der Waals surface area contributed by atoms with Crippen LogP contribution in [0, 0.1) is 0 Å². The monoisotopic (exact) mass is 437 g/mol. The van der Waals surface area contributed by atoms with E-state index in [1.165, 1.54) is 16.2 Å². The van der Waals surface area contributed by atoms with Crippen LogP contribution in [0.15, 0.2) is 57.7 Å². The number of nitrogens with zero attached hydrogens (tertiary/aromatic N) is 3. The second kappa shape index (κ2) is 7.04. The summed E-state index contributed by atoms with van der Waals surface area (Å²) in [5.41, 5.74) is 1.14. The summed E-state index contributed by atoms with van der Waals surface area (Å²) in [7, 11) is 0. The van der Waals surface area contributed by atoms with Crippen molar-refractivity contribution < 1.29 is 9.21 Å². The molecule has 0 saturated heterocycles. The largest absolute Gasteiger partial charge is 0.450 e. The van der Waals surface area contributed by atoms with Crippen molar-refractivity contribution in [2.75, 3.05) is 4.90 Å². The zero-order valence-electron chi connectivity index (χ0n) is 16.1. The lowest BCUT2D eigenvalue weighted by atomic mass is 9.99. The fraction of sp³-hybridized carbons (Fsp3) is 0.182. The first-order valence-corrected chi connectivity index (χ1v) is 10.6. The zero-order valence-corrected chi connectivity index (χ0v) is 17.7. The van der Waals surface area contributed by atoms with Gasteiger partial charge < -0.3 is 4.42 Å². The van der Waals surface area contributed by atoms with Crippen LogP contribution in [-0.2, 0) is 0 Å². The summed E-state index contributed by atoms with van der Waals surface area (Å²) in [5, 5.41) is 10.6. The first kappa shape index (κ1) is 19.0. The molecule has 30 heavy (non-hydrogen) atoms. The normalized spacial score (nSPS) is 15.9. The molecule has 1 aliphatic rings. The highest BCUT2D eigenvalue weighted by Crippen LogP contribution is 2.43. The van der Waals surface area contributed by atoms with Crippen molar-refractivity contribution in [1.29, 1.82) is 0 Å². The average Bonchev–Trinajstić information content (AvgIpc) is 3.32. The van der Waals surface area contributed by atoms with E-state index in [1.54, 1.807) is 42.5 Å². The minimum atomic E-state index is -0.694. The minimum absolute atomic E-state index is 0.0324. The molecule has 0 fully saturated rings. The van der Waals surface area contributed by atoms with E-state index in [4.69, 9.17) is 16.0 Å². The molecule has 150 valence electrons. The van der Waals surface area contributed by atoms with Crippen LogP contribution in [0.1, 0.15) is 52.5 Å². The highest BCUT2D eigenvalue weighted by atomic mass is 35.5. The molecule has 0 spiro atoms. The summed E-state index contributed by atoms with van der Waals surface area (Å²) >= 11 is 7.56. The predicted octanol–water partition coefficient (Wildman–Crippen LogP) is 5.17. The molecule has 6 nitrogen and oxygen atoms in total. The SMILES string of the molecule is CC(C)c1nnc(N2C(=O)c3oc4ccccc4c(=O)c3[C@H]2c2cccc(Cl)c2)s1. The van der Waals surface area contributed by atoms with Gasteiger partial charge in [0, 0.05) is 10.9 Å². The highest BCUT2D eigenvalue weighted by molar-refractivity contribution is 7.15. The number of carbonyl (C=O) groups is 1.